The molecule has 0 unspecified atom stereocenters. The quantitative estimate of drug-likeness (QED) is 0.595. The van der Waals surface area contributed by atoms with Crippen LogP contribution in [0.4, 0.5) is 0 Å². The van der Waals surface area contributed by atoms with Gasteiger partial charge in [0.15, 0.2) is 5.78 Å². The lowest BCUT2D eigenvalue weighted by atomic mass is 9.84. The molecule has 3 nitrogen and oxygen atoms in total. The Labute approximate surface area is 115 Å². The molecule has 3 heteroatoms. The molecule has 0 fully saturated rings. The minimum atomic E-state index is -0.0751. The Morgan fingerprint density at radius 1 is 1.37 bits per heavy atom. The Morgan fingerprint density at radius 3 is 2.58 bits per heavy atom. The Balaban J connectivity index is 2.99. The molecule has 0 saturated heterocycles. The zero-order valence-corrected chi connectivity index (χ0v) is 12.1. The summed E-state index contributed by atoms with van der Waals surface area (Å²) in [6.07, 6.45) is 1.46. The number of carbonyl (C=O) groups excluding carboxylic acids is 1. The standard InChI is InChI=1S/C16H21NO2/c1-16(2,3)13-11-12(8-9-15(13)19-4)14(18)7-5-6-10-17/h8-9,11H,5-7H2,1-4H3. The van der Waals surface area contributed by atoms with E-state index in [0.29, 0.717) is 24.8 Å². The number of methoxy groups -OCH3 is 1. The van der Waals surface area contributed by atoms with Gasteiger partial charge in [-0.25, -0.2) is 0 Å². The van der Waals surface area contributed by atoms with Crippen molar-refractivity contribution in [2.75, 3.05) is 7.11 Å². The van der Waals surface area contributed by atoms with E-state index in [4.69, 9.17) is 10.00 Å². The number of unbranched alkanes of at least 4 members (excludes halogenated alkanes) is 1. The summed E-state index contributed by atoms with van der Waals surface area (Å²) in [6.45, 7) is 6.28. The molecule has 1 aromatic rings. The summed E-state index contributed by atoms with van der Waals surface area (Å²) in [4.78, 5) is 12.0. The van der Waals surface area contributed by atoms with Crippen LogP contribution in [-0.4, -0.2) is 12.9 Å². The van der Waals surface area contributed by atoms with E-state index in [9.17, 15) is 4.79 Å². The normalized spacial score (nSPS) is 10.9. The van der Waals surface area contributed by atoms with E-state index in [-0.39, 0.29) is 11.2 Å². The van der Waals surface area contributed by atoms with Crippen LogP contribution < -0.4 is 4.74 Å². The van der Waals surface area contributed by atoms with Gasteiger partial charge in [-0.1, -0.05) is 20.8 Å². The zero-order chi connectivity index (χ0) is 14.5. The lowest BCUT2D eigenvalue weighted by Gasteiger charge is -2.22. The highest BCUT2D eigenvalue weighted by Gasteiger charge is 2.20. The summed E-state index contributed by atoms with van der Waals surface area (Å²) in [5, 5.41) is 8.49. The molecule has 0 aliphatic heterocycles. The second-order valence-corrected chi connectivity index (χ2v) is 5.60. The van der Waals surface area contributed by atoms with Crippen molar-refractivity contribution in [1.82, 2.24) is 0 Å². The number of nitrogens with zero attached hydrogens (tertiary/aromatic N) is 1. The molecule has 0 spiro atoms. The van der Waals surface area contributed by atoms with Gasteiger partial charge in [-0.3, -0.25) is 4.79 Å². The van der Waals surface area contributed by atoms with Crippen molar-refractivity contribution in [3.8, 4) is 11.8 Å². The number of benzene rings is 1. The molecule has 0 saturated carbocycles. The van der Waals surface area contributed by atoms with E-state index < -0.39 is 0 Å². The SMILES string of the molecule is COc1ccc(C(=O)CCCC#N)cc1C(C)(C)C. The predicted octanol–water partition coefficient (Wildman–Crippen LogP) is 3.87. The second kappa shape index (κ2) is 6.38. The van der Waals surface area contributed by atoms with Crippen molar-refractivity contribution in [2.45, 2.75) is 45.4 Å². The Morgan fingerprint density at radius 2 is 2.05 bits per heavy atom. The Hall–Kier alpha value is -1.82. The highest BCUT2D eigenvalue weighted by molar-refractivity contribution is 5.96. The Kier molecular flexibility index (Phi) is 5.11. The van der Waals surface area contributed by atoms with Crippen LogP contribution in [0.3, 0.4) is 0 Å². The summed E-state index contributed by atoms with van der Waals surface area (Å²) >= 11 is 0. The first-order chi connectivity index (χ1) is 8.90. The number of carbonyl (C=O) groups is 1. The average molecular weight is 259 g/mol. The van der Waals surface area contributed by atoms with Crippen molar-refractivity contribution < 1.29 is 9.53 Å². The molecule has 19 heavy (non-hydrogen) atoms. The van der Waals surface area contributed by atoms with Gasteiger partial charge in [0, 0.05) is 24.0 Å². The summed E-state index contributed by atoms with van der Waals surface area (Å²) in [5.41, 5.74) is 1.65. The molecule has 102 valence electrons. The van der Waals surface area contributed by atoms with E-state index in [1.807, 2.05) is 12.1 Å². The predicted molar refractivity (Wildman–Crippen MR) is 75.5 cm³/mol. The maximum Gasteiger partial charge on any atom is 0.162 e. The summed E-state index contributed by atoms with van der Waals surface area (Å²) < 4.78 is 5.35. The fraction of sp³-hybridized carbons (Fsp3) is 0.500. The van der Waals surface area contributed by atoms with Crippen LogP contribution in [-0.2, 0) is 5.41 Å². The van der Waals surface area contributed by atoms with E-state index >= 15 is 0 Å². The minimum absolute atomic E-state index is 0.0751. The van der Waals surface area contributed by atoms with Crippen LogP contribution in [0.2, 0.25) is 0 Å². The van der Waals surface area contributed by atoms with Gasteiger partial charge in [0.2, 0.25) is 0 Å². The number of ketones is 1. The summed E-state index contributed by atoms with van der Waals surface area (Å²) in [6, 6.07) is 7.61. The van der Waals surface area contributed by atoms with Crippen LogP contribution in [0.25, 0.3) is 0 Å². The third-order valence-electron chi connectivity index (χ3n) is 3.02. The van der Waals surface area contributed by atoms with Gasteiger partial charge in [-0.05, 0) is 30.0 Å². The van der Waals surface area contributed by atoms with Gasteiger partial charge in [0.1, 0.15) is 5.75 Å². The van der Waals surface area contributed by atoms with Crippen molar-refractivity contribution in [1.29, 1.82) is 5.26 Å². The molecule has 0 aliphatic carbocycles. The molecular weight excluding hydrogens is 238 g/mol. The van der Waals surface area contributed by atoms with Crippen molar-refractivity contribution >= 4 is 5.78 Å². The van der Waals surface area contributed by atoms with Gasteiger partial charge in [-0.2, -0.15) is 5.26 Å². The Bertz CT molecular complexity index is 492. The molecule has 0 aliphatic rings. The fourth-order valence-electron chi connectivity index (χ4n) is 1.94. The topological polar surface area (TPSA) is 50.1 Å². The third kappa shape index (κ3) is 4.10. The smallest absolute Gasteiger partial charge is 0.162 e. The second-order valence-electron chi connectivity index (χ2n) is 5.60. The highest BCUT2D eigenvalue weighted by Crippen LogP contribution is 2.32. The minimum Gasteiger partial charge on any atom is -0.496 e. The molecule has 0 amide bonds. The molecule has 0 radical (unpaired) electrons. The number of Topliss-reactive ketones (excluding diaryl/α,β-unsaturated/α-hetero) is 1. The van der Waals surface area contributed by atoms with Crippen molar-refractivity contribution in [3.63, 3.8) is 0 Å². The maximum absolute atomic E-state index is 12.0. The maximum atomic E-state index is 12.0. The lowest BCUT2D eigenvalue weighted by Crippen LogP contribution is -2.14. The molecular formula is C16H21NO2. The number of nitriles is 1. The van der Waals surface area contributed by atoms with Crippen LogP contribution >= 0.6 is 0 Å². The molecule has 0 aromatic heterocycles. The first-order valence-corrected chi connectivity index (χ1v) is 6.49. The number of rotatable bonds is 5. The van der Waals surface area contributed by atoms with Gasteiger partial charge in [0.05, 0.1) is 13.2 Å². The van der Waals surface area contributed by atoms with E-state index in [1.165, 1.54) is 0 Å². The van der Waals surface area contributed by atoms with E-state index in [1.54, 1.807) is 13.2 Å². The van der Waals surface area contributed by atoms with Gasteiger partial charge >= 0.3 is 0 Å². The molecule has 1 rings (SSSR count). The zero-order valence-electron chi connectivity index (χ0n) is 12.1. The number of hydrogen-bond donors (Lipinski definition) is 0. The number of hydrogen-bond acceptors (Lipinski definition) is 3. The van der Waals surface area contributed by atoms with Crippen molar-refractivity contribution in [2.24, 2.45) is 0 Å². The van der Waals surface area contributed by atoms with Crippen LogP contribution in [0.1, 0.15) is 56.0 Å². The monoisotopic (exact) mass is 259 g/mol. The summed E-state index contributed by atoms with van der Waals surface area (Å²) in [7, 11) is 1.64. The van der Waals surface area contributed by atoms with E-state index in [0.717, 1.165) is 11.3 Å². The number of ether oxygens (including phenoxy) is 1. The van der Waals surface area contributed by atoms with Crippen LogP contribution in [0, 0.1) is 11.3 Å². The largest absolute Gasteiger partial charge is 0.496 e. The van der Waals surface area contributed by atoms with Crippen molar-refractivity contribution in [3.05, 3.63) is 29.3 Å². The first-order valence-electron chi connectivity index (χ1n) is 6.49. The molecule has 0 heterocycles. The van der Waals surface area contributed by atoms with Crippen LogP contribution in [0.5, 0.6) is 5.75 Å². The molecule has 0 atom stereocenters. The lowest BCUT2D eigenvalue weighted by molar-refractivity contribution is 0.0980. The van der Waals surface area contributed by atoms with Gasteiger partial charge in [0.25, 0.3) is 0 Å². The third-order valence-corrected chi connectivity index (χ3v) is 3.02. The van der Waals surface area contributed by atoms with Gasteiger partial charge in [-0.15, -0.1) is 0 Å². The fourth-order valence-corrected chi connectivity index (χ4v) is 1.94. The first kappa shape index (κ1) is 15.2. The highest BCUT2D eigenvalue weighted by atomic mass is 16.5. The molecule has 0 bridgehead atoms. The van der Waals surface area contributed by atoms with Crippen LogP contribution in [0.15, 0.2) is 18.2 Å². The molecule has 0 N–H and O–H groups in total. The average Bonchev–Trinajstić information content (AvgIpc) is 2.37. The summed E-state index contributed by atoms with van der Waals surface area (Å²) in [5.74, 6) is 0.893. The van der Waals surface area contributed by atoms with E-state index in [2.05, 4.69) is 26.8 Å². The molecule has 1 aromatic carbocycles. The van der Waals surface area contributed by atoms with Gasteiger partial charge < -0.3 is 4.74 Å².